The van der Waals surface area contributed by atoms with Gasteiger partial charge in [0.2, 0.25) is 0 Å². The van der Waals surface area contributed by atoms with Crippen LogP contribution in [0.1, 0.15) is 50.7 Å². The van der Waals surface area contributed by atoms with Gasteiger partial charge < -0.3 is 10.3 Å². The molecule has 0 aliphatic heterocycles. The third-order valence-corrected chi connectivity index (χ3v) is 3.56. The molecule has 3 heteroatoms. The number of H-pyrrole nitrogens is 1. The Morgan fingerprint density at radius 2 is 1.90 bits per heavy atom. The summed E-state index contributed by atoms with van der Waals surface area (Å²) in [7, 11) is 0. The number of imidazole rings is 1. The molecule has 2 rings (SSSR count). The fraction of sp³-hybridized carbons (Fsp3) is 0.471. The van der Waals surface area contributed by atoms with E-state index in [0.29, 0.717) is 0 Å². The summed E-state index contributed by atoms with van der Waals surface area (Å²) >= 11 is 0. The van der Waals surface area contributed by atoms with Crippen molar-refractivity contribution in [1.82, 2.24) is 15.3 Å². The van der Waals surface area contributed by atoms with Crippen molar-refractivity contribution >= 4 is 0 Å². The van der Waals surface area contributed by atoms with Gasteiger partial charge in [-0.1, -0.05) is 52.0 Å². The van der Waals surface area contributed by atoms with Gasteiger partial charge >= 0.3 is 0 Å². The van der Waals surface area contributed by atoms with E-state index in [1.807, 2.05) is 12.4 Å². The van der Waals surface area contributed by atoms with E-state index in [0.717, 1.165) is 18.8 Å². The molecule has 0 amide bonds. The molecule has 0 saturated carbocycles. The summed E-state index contributed by atoms with van der Waals surface area (Å²) < 4.78 is 0. The highest BCUT2D eigenvalue weighted by Crippen LogP contribution is 2.23. The second-order valence-corrected chi connectivity index (χ2v) is 6.24. The molecule has 20 heavy (non-hydrogen) atoms. The molecule has 1 unspecified atom stereocenters. The minimum Gasteiger partial charge on any atom is -0.347 e. The number of aromatic nitrogens is 2. The van der Waals surface area contributed by atoms with Crippen LogP contribution in [0.4, 0.5) is 0 Å². The Morgan fingerprint density at radius 3 is 2.40 bits per heavy atom. The fourth-order valence-corrected chi connectivity index (χ4v) is 2.36. The molecule has 0 fully saturated rings. The molecule has 0 bridgehead atoms. The number of likely N-dealkylation sites (N-methyl/N-ethyl adjacent to an activating group) is 1. The number of rotatable bonds is 5. The van der Waals surface area contributed by atoms with Crippen LogP contribution in [-0.2, 0) is 11.8 Å². The molecule has 0 aliphatic rings. The molecule has 0 saturated heterocycles. The summed E-state index contributed by atoms with van der Waals surface area (Å²) in [5, 5.41) is 3.48. The van der Waals surface area contributed by atoms with E-state index in [1.165, 1.54) is 11.1 Å². The van der Waals surface area contributed by atoms with Gasteiger partial charge in [-0.3, -0.25) is 0 Å². The lowest BCUT2D eigenvalue weighted by molar-refractivity contribution is 0.525. The van der Waals surface area contributed by atoms with Gasteiger partial charge in [0, 0.05) is 12.4 Å². The van der Waals surface area contributed by atoms with E-state index in [9.17, 15) is 0 Å². The van der Waals surface area contributed by atoms with Crippen LogP contribution in [0.5, 0.6) is 0 Å². The van der Waals surface area contributed by atoms with Crippen LogP contribution >= 0.6 is 0 Å². The van der Waals surface area contributed by atoms with E-state index in [2.05, 4.69) is 67.2 Å². The monoisotopic (exact) mass is 271 g/mol. The smallest absolute Gasteiger partial charge is 0.123 e. The maximum Gasteiger partial charge on any atom is 0.123 e. The molecule has 2 N–H and O–H groups in total. The minimum atomic E-state index is 0.209. The first-order valence-electron chi connectivity index (χ1n) is 7.32. The normalized spacial score (nSPS) is 13.4. The van der Waals surface area contributed by atoms with E-state index in [1.54, 1.807) is 0 Å². The zero-order valence-corrected chi connectivity index (χ0v) is 12.9. The Bertz CT molecular complexity index is 506. The third kappa shape index (κ3) is 3.70. The molecular formula is C17H25N3. The van der Waals surface area contributed by atoms with E-state index >= 15 is 0 Å². The quantitative estimate of drug-likeness (QED) is 0.872. The van der Waals surface area contributed by atoms with Crippen LogP contribution in [0.3, 0.4) is 0 Å². The largest absolute Gasteiger partial charge is 0.347 e. The summed E-state index contributed by atoms with van der Waals surface area (Å²) in [6.07, 6.45) is 4.64. The van der Waals surface area contributed by atoms with Crippen molar-refractivity contribution in [3.8, 4) is 0 Å². The lowest BCUT2D eigenvalue weighted by Crippen LogP contribution is -2.24. The maximum atomic E-state index is 4.37. The molecule has 0 aliphatic carbocycles. The number of aromatic amines is 1. The second kappa shape index (κ2) is 6.23. The van der Waals surface area contributed by atoms with Gasteiger partial charge in [0.05, 0.1) is 6.04 Å². The third-order valence-electron chi connectivity index (χ3n) is 3.56. The van der Waals surface area contributed by atoms with E-state index in [4.69, 9.17) is 0 Å². The first-order valence-corrected chi connectivity index (χ1v) is 7.32. The Hall–Kier alpha value is -1.61. The molecule has 1 atom stereocenters. The first kappa shape index (κ1) is 14.8. The van der Waals surface area contributed by atoms with E-state index < -0.39 is 0 Å². The van der Waals surface area contributed by atoms with Gasteiger partial charge in [-0.25, -0.2) is 4.98 Å². The minimum absolute atomic E-state index is 0.209. The van der Waals surface area contributed by atoms with Crippen molar-refractivity contribution in [3.63, 3.8) is 0 Å². The van der Waals surface area contributed by atoms with Crippen LogP contribution in [0, 0.1) is 0 Å². The van der Waals surface area contributed by atoms with Crippen molar-refractivity contribution in [2.24, 2.45) is 0 Å². The van der Waals surface area contributed by atoms with Crippen molar-refractivity contribution < 1.29 is 0 Å². The zero-order valence-electron chi connectivity index (χ0n) is 12.9. The highest BCUT2D eigenvalue weighted by Gasteiger charge is 2.15. The van der Waals surface area contributed by atoms with Crippen LogP contribution < -0.4 is 5.32 Å². The van der Waals surface area contributed by atoms with Gasteiger partial charge in [-0.2, -0.15) is 0 Å². The van der Waals surface area contributed by atoms with Crippen molar-refractivity contribution in [3.05, 3.63) is 53.6 Å². The summed E-state index contributed by atoms with van der Waals surface area (Å²) in [4.78, 5) is 7.57. The Balaban J connectivity index is 2.11. The molecule has 0 radical (unpaired) electrons. The fourth-order valence-electron chi connectivity index (χ4n) is 2.36. The number of hydrogen-bond donors (Lipinski definition) is 2. The van der Waals surface area contributed by atoms with Gasteiger partial charge in [-0.05, 0) is 29.5 Å². The number of benzene rings is 1. The van der Waals surface area contributed by atoms with Gasteiger partial charge in [0.15, 0.2) is 0 Å². The highest BCUT2D eigenvalue weighted by atomic mass is 15.0. The Labute approximate surface area is 121 Å². The first-order chi connectivity index (χ1) is 9.50. The molecule has 108 valence electrons. The molecule has 1 aromatic carbocycles. The predicted molar refractivity (Wildman–Crippen MR) is 83.9 cm³/mol. The Kier molecular flexibility index (Phi) is 4.61. The average Bonchev–Trinajstić information content (AvgIpc) is 2.91. The van der Waals surface area contributed by atoms with Crippen LogP contribution in [0.2, 0.25) is 0 Å². The summed E-state index contributed by atoms with van der Waals surface area (Å²) in [6, 6.07) is 9.18. The van der Waals surface area contributed by atoms with Crippen LogP contribution in [0.15, 0.2) is 36.7 Å². The summed E-state index contributed by atoms with van der Waals surface area (Å²) in [5.41, 5.74) is 2.92. The Morgan fingerprint density at radius 1 is 1.20 bits per heavy atom. The molecule has 0 spiro atoms. The lowest BCUT2D eigenvalue weighted by atomic mass is 9.86. The average molecular weight is 271 g/mol. The molecule has 2 aromatic rings. The number of nitrogens with one attached hydrogen (secondary N) is 2. The SMILES string of the molecule is CCNC(Cc1ccc(C(C)(C)C)cc1)c1ncc[nH]1. The zero-order chi connectivity index (χ0) is 14.6. The van der Waals surface area contributed by atoms with Crippen LogP contribution in [0.25, 0.3) is 0 Å². The van der Waals surface area contributed by atoms with Crippen molar-refractivity contribution in [2.45, 2.75) is 45.6 Å². The van der Waals surface area contributed by atoms with E-state index in [-0.39, 0.29) is 11.5 Å². The molecular weight excluding hydrogens is 246 g/mol. The molecule has 1 heterocycles. The van der Waals surface area contributed by atoms with Crippen LogP contribution in [-0.4, -0.2) is 16.5 Å². The lowest BCUT2D eigenvalue weighted by Gasteiger charge is -2.20. The highest BCUT2D eigenvalue weighted by molar-refractivity contribution is 5.28. The molecule has 3 nitrogen and oxygen atoms in total. The summed E-state index contributed by atoms with van der Waals surface area (Å²) in [5.74, 6) is 1.01. The number of nitrogens with zero attached hydrogens (tertiary/aromatic N) is 1. The topological polar surface area (TPSA) is 40.7 Å². The number of hydrogen-bond acceptors (Lipinski definition) is 2. The second-order valence-electron chi connectivity index (χ2n) is 6.24. The van der Waals surface area contributed by atoms with Gasteiger partial charge in [0.25, 0.3) is 0 Å². The van der Waals surface area contributed by atoms with Gasteiger partial charge in [0.1, 0.15) is 5.82 Å². The van der Waals surface area contributed by atoms with Gasteiger partial charge in [-0.15, -0.1) is 0 Å². The van der Waals surface area contributed by atoms with Crippen molar-refractivity contribution in [2.75, 3.05) is 6.54 Å². The molecule has 1 aromatic heterocycles. The summed E-state index contributed by atoms with van der Waals surface area (Å²) in [6.45, 7) is 9.79. The van der Waals surface area contributed by atoms with Crippen molar-refractivity contribution in [1.29, 1.82) is 0 Å². The standard InChI is InChI=1S/C17H25N3/c1-5-18-15(16-19-10-11-20-16)12-13-6-8-14(9-7-13)17(2,3)4/h6-11,15,18H,5,12H2,1-4H3,(H,19,20). The maximum absolute atomic E-state index is 4.37. The predicted octanol–water partition coefficient (Wildman–Crippen LogP) is 3.60.